The normalized spacial score (nSPS) is 11.8. The van der Waals surface area contributed by atoms with Crippen LogP contribution in [0.5, 0.6) is 0 Å². The van der Waals surface area contributed by atoms with E-state index in [1.807, 2.05) is 6.92 Å². The zero-order valence-corrected chi connectivity index (χ0v) is 11.2. The van der Waals surface area contributed by atoms with Gasteiger partial charge in [-0.2, -0.15) is 0 Å². The number of hydrogen-bond donors (Lipinski definition) is 1. The van der Waals surface area contributed by atoms with E-state index >= 15 is 0 Å². The largest absolute Gasteiger partial charge is 0.341 e. The Labute approximate surface area is 106 Å². The summed E-state index contributed by atoms with van der Waals surface area (Å²) in [4.78, 5) is 11.5. The first kappa shape index (κ1) is 12.7. The summed E-state index contributed by atoms with van der Waals surface area (Å²) < 4.78 is 14.2. The quantitative estimate of drug-likeness (QED) is 0.882. The summed E-state index contributed by atoms with van der Waals surface area (Å²) in [6.07, 6.45) is 3.90. The van der Waals surface area contributed by atoms with Gasteiger partial charge in [-0.25, -0.2) is 9.37 Å². The van der Waals surface area contributed by atoms with Crippen molar-refractivity contribution in [1.29, 1.82) is 0 Å². The highest BCUT2D eigenvalue weighted by atomic mass is 19.1. The molecular weight excluding hydrogens is 229 g/mol. The minimum Gasteiger partial charge on any atom is -0.341 e. The molecule has 0 atom stereocenters. The first-order valence-electron chi connectivity index (χ1n) is 6.12. The molecule has 2 aromatic heterocycles. The lowest BCUT2D eigenvalue weighted by Crippen LogP contribution is -2.13. The van der Waals surface area contributed by atoms with E-state index in [4.69, 9.17) is 0 Å². The van der Waals surface area contributed by atoms with Crippen LogP contribution in [0.4, 0.5) is 4.39 Å². The number of hydrogen-bond acceptors (Lipinski definition) is 2. The topological polar surface area (TPSA) is 41.6 Å². The molecule has 1 N–H and O–H groups in total. The Morgan fingerprint density at radius 1 is 1.28 bits per heavy atom. The van der Waals surface area contributed by atoms with Crippen LogP contribution < -0.4 is 0 Å². The van der Waals surface area contributed by atoms with Gasteiger partial charge in [0.2, 0.25) is 0 Å². The first-order valence-corrected chi connectivity index (χ1v) is 6.12. The molecule has 2 heterocycles. The lowest BCUT2D eigenvalue weighted by atomic mass is 9.96. The maximum absolute atomic E-state index is 14.2. The highest BCUT2D eigenvalue weighted by Gasteiger charge is 2.19. The van der Waals surface area contributed by atoms with Gasteiger partial charge >= 0.3 is 0 Å². The molecule has 0 bridgehead atoms. The van der Waals surface area contributed by atoms with Gasteiger partial charge in [0.05, 0.1) is 17.6 Å². The molecule has 0 aliphatic rings. The van der Waals surface area contributed by atoms with Gasteiger partial charge in [-0.05, 0) is 12.5 Å². The maximum atomic E-state index is 14.2. The Hall–Kier alpha value is -1.71. The first-order chi connectivity index (χ1) is 8.43. The third kappa shape index (κ3) is 2.28. The van der Waals surface area contributed by atoms with Crippen LogP contribution in [-0.4, -0.2) is 15.0 Å². The molecule has 0 amide bonds. The maximum Gasteiger partial charge on any atom is 0.154 e. The summed E-state index contributed by atoms with van der Waals surface area (Å²) in [5.74, 6) is 0.593. The minimum absolute atomic E-state index is 0.0741. The van der Waals surface area contributed by atoms with Gasteiger partial charge in [-0.1, -0.05) is 27.7 Å². The van der Waals surface area contributed by atoms with Crippen LogP contribution in [0.15, 0.2) is 18.5 Å². The van der Waals surface area contributed by atoms with Crippen LogP contribution in [0.2, 0.25) is 0 Å². The molecular formula is C14H18FN3. The van der Waals surface area contributed by atoms with E-state index in [2.05, 4.69) is 35.7 Å². The van der Waals surface area contributed by atoms with Crippen LogP contribution in [-0.2, 0) is 11.8 Å². The molecule has 0 saturated carbocycles. The fourth-order valence-electron chi connectivity index (χ4n) is 1.78. The second-order valence-corrected chi connectivity index (χ2v) is 5.37. The summed E-state index contributed by atoms with van der Waals surface area (Å²) in [5, 5.41) is 0. The molecule has 0 saturated heterocycles. The number of nitrogens with one attached hydrogen (secondary N) is 1. The van der Waals surface area contributed by atoms with Crippen molar-refractivity contribution in [2.24, 2.45) is 0 Å². The van der Waals surface area contributed by atoms with Gasteiger partial charge in [0, 0.05) is 17.2 Å². The number of pyridine rings is 1. The van der Waals surface area contributed by atoms with Crippen molar-refractivity contribution in [3.63, 3.8) is 0 Å². The second kappa shape index (κ2) is 4.52. The van der Waals surface area contributed by atoms with Crippen molar-refractivity contribution in [1.82, 2.24) is 15.0 Å². The van der Waals surface area contributed by atoms with Crippen LogP contribution in [0.3, 0.4) is 0 Å². The monoisotopic (exact) mass is 247 g/mol. The molecule has 0 spiro atoms. The number of rotatable bonds is 2. The number of H-pyrrole nitrogens is 1. The number of nitrogens with zero attached hydrogens (tertiary/aromatic N) is 2. The van der Waals surface area contributed by atoms with Gasteiger partial charge in [-0.15, -0.1) is 0 Å². The van der Waals surface area contributed by atoms with Gasteiger partial charge in [-0.3, -0.25) is 4.98 Å². The molecule has 2 aromatic rings. The highest BCUT2D eigenvalue weighted by Crippen LogP contribution is 2.26. The van der Waals surface area contributed by atoms with Crippen LogP contribution in [0.1, 0.15) is 39.2 Å². The fourth-order valence-corrected chi connectivity index (χ4v) is 1.78. The minimum atomic E-state index is -0.260. The van der Waals surface area contributed by atoms with E-state index in [0.717, 1.165) is 5.82 Å². The lowest BCUT2D eigenvalue weighted by Gasteiger charge is -2.14. The second-order valence-electron chi connectivity index (χ2n) is 5.37. The molecule has 0 aliphatic carbocycles. The smallest absolute Gasteiger partial charge is 0.154 e. The van der Waals surface area contributed by atoms with Crippen molar-refractivity contribution < 1.29 is 4.39 Å². The number of aromatic amines is 1. The Balaban J connectivity index is 2.47. The van der Waals surface area contributed by atoms with Crippen molar-refractivity contribution >= 4 is 0 Å². The van der Waals surface area contributed by atoms with Crippen molar-refractivity contribution in [3.05, 3.63) is 35.8 Å². The van der Waals surface area contributed by atoms with Crippen LogP contribution in [0, 0.1) is 5.82 Å². The standard InChI is InChI=1S/C14H18FN3/c1-5-10-12(15)9(6-7-16-10)11-8-17-13(18-11)14(2,3)4/h6-8H,5H2,1-4H3,(H,17,18). The fraction of sp³-hybridized carbons (Fsp3) is 0.429. The molecule has 0 fully saturated rings. The number of aryl methyl sites for hydroxylation is 1. The molecule has 0 aromatic carbocycles. The lowest BCUT2D eigenvalue weighted by molar-refractivity contribution is 0.552. The summed E-state index contributed by atoms with van der Waals surface area (Å²) in [6, 6.07) is 1.68. The molecule has 18 heavy (non-hydrogen) atoms. The van der Waals surface area contributed by atoms with Crippen molar-refractivity contribution in [2.45, 2.75) is 39.5 Å². The highest BCUT2D eigenvalue weighted by molar-refractivity contribution is 5.59. The molecule has 0 radical (unpaired) electrons. The van der Waals surface area contributed by atoms with Gasteiger partial charge < -0.3 is 4.98 Å². The van der Waals surface area contributed by atoms with E-state index in [1.54, 1.807) is 18.5 Å². The van der Waals surface area contributed by atoms with Gasteiger partial charge in [0.1, 0.15) is 5.82 Å². The SMILES string of the molecule is CCc1nccc(-c2cnc(C(C)(C)C)[nH]2)c1F. The number of halogens is 1. The molecule has 0 aliphatic heterocycles. The molecule has 2 rings (SSSR count). The molecule has 3 nitrogen and oxygen atoms in total. The van der Waals surface area contributed by atoms with Crippen LogP contribution in [0.25, 0.3) is 11.3 Å². The number of aromatic nitrogens is 3. The third-order valence-corrected chi connectivity index (χ3v) is 2.87. The summed E-state index contributed by atoms with van der Waals surface area (Å²) in [5.41, 5.74) is 1.65. The predicted octanol–water partition coefficient (Wildman–Crippen LogP) is 3.47. The van der Waals surface area contributed by atoms with E-state index in [9.17, 15) is 4.39 Å². The summed E-state index contributed by atoms with van der Waals surface area (Å²) in [7, 11) is 0. The van der Waals surface area contributed by atoms with E-state index in [0.29, 0.717) is 23.4 Å². The van der Waals surface area contributed by atoms with Gasteiger partial charge in [0.15, 0.2) is 5.82 Å². The predicted molar refractivity (Wildman–Crippen MR) is 69.9 cm³/mol. The average Bonchev–Trinajstić information content (AvgIpc) is 2.78. The van der Waals surface area contributed by atoms with Crippen molar-refractivity contribution in [3.8, 4) is 11.3 Å². The average molecular weight is 247 g/mol. The Bertz CT molecular complexity index is 552. The van der Waals surface area contributed by atoms with Crippen molar-refractivity contribution in [2.75, 3.05) is 0 Å². The number of imidazole rings is 1. The Morgan fingerprint density at radius 2 is 2.00 bits per heavy atom. The van der Waals surface area contributed by atoms with Gasteiger partial charge in [0.25, 0.3) is 0 Å². The summed E-state index contributed by atoms with van der Waals surface area (Å²) >= 11 is 0. The third-order valence-electron chi connectivity index (χ3n) is 2.87. The molecule has 96 valence electrons. The van der Waals surface area contributed by atoms with E-state index in [1.165, 1.54) is 0 Å². The molecule has 4 heteroatoms. The Morgan fingerprint density at radius 3 is 2.56 bits per heavy atom. The zero-order valence-electron chi connectivity index (χ0n) is 11.2. The van der Waals surface area contributed by atoms with E-state index in [-0.39, 0.29) is 11.2 Å². The summed E-state index contributed by atoms with van der Waals surface area (Å²) in [6.45, 7) is 8.09. The van der Waals surface area contributed by atoms with Crippen LogP contribution >= 0.6 is 0 Å². The van der Waals surface area contributed by atoms with E-state index < -0.39 is 0 Å². The zero-order chi connectivity index (χ0) is 13.3. The Kier molecular flexibility index (Phi) is 3.20. The molecule has 0 unspecified atom stereocenters.